The van der Waals surface area contributed by atoms with Crippen molar-refractivity contribution in [1.29, 1.82) is 0 Å². The van der Waals surface area contributed by atoms with Crippen LogP contribution in [-0.4, -0.2) is 18.5 Å². The number of carbonyl (C=O) groups excluding carboxylic acids is 2. The van der Waals surface area contributed by atoms with Gasteiger partial charge >= 0.3 is 5.97 Å². The molecule has 0 aromatic carbocycles. The Morgan fingerprint density at radius 3 is 2.25 bits per heavy atom. The van der Waals surface area contributed by atoms with Crippen LogP contribution in [0.5, 0.6) is 0 Å². The van der Waals surface area contributed by atoms with Crippen LogP contribution in [0.3, 0.4) is 0 Å². The van der Waals surface area contributed by atoms with Crippen LogP contribution in [0, 0.1) is 0 Å². The third-order valence-electron chi connectivity index (χ3n) is 0.407. The average molecular weight is 116 g/mol. The molecule has 1 N–H and O–H groups in total. The van der Waals surface area contributed by atoms with E-state index in [9.17, 15) is 9.59 Å². The van der Waals surface area contributed by atoms with Crippen LogP contribution in [0.1, 0.15) is 6.92 Å². The highest BCUT2D eigenvalue weighted by molar-refractivity contribution is 5.77. The van der Waals surface area contributed by atoms with E-state index in [1.807, 2.05) is 0 Å². The number of rotatable bonds is 2. The van der Waals surface area contributed by atoms with Gasteiger partial charge in [-0.15, -0.1) is 0 Å². The number of amides is 1. The van der Waals surface area contributed by atoms with E-state index in [0.717, 1.165) is 0 Å². The summed E-state index contributed by atoms with van der Waals surface area (Å²) in [7, 11) is 0. The molecule has 0 fully saturated rings. The van der Waals surface area contributed by atoms with Crippen molar-refractivity contribution in [3.63, 3.8) is 0 Å². The van der Waals surface area contributed by atoms with Crippen LogP contribution in [0.2, 0.25) is 0 Å². The molecule has 0 heterocycles. The summed E-state index contributed by atoms with van der Waals surface area (Å²) < 4.78 is 4.13. The Balaban J connectivity index is 3.18. The van der Waals surface area contributed by atoms with E-state index in [0.29, 0.717) is 0 Å². The Hall–Kier alpha value is -1.06. The van der Waals surface area contributed by atoms with Crippen LogP contribution in [0.25, 0.3) is 0 Å². The molecule has 0 rings (SSSR count). The second-order valence-corrected chi connectivity index (χ2v) is 1.20. The number of ether oxygens (including phenoxy) is 1. The normalized spacial score (nSPS) is 8.12. The molecule has 0 spiro atoms. The minimum atomic E-state index is -0.889. The minimum absolute atomic E-state index is 0.435. The van der Waals surface area contributed by atoms with Gasteiger partial charge in [0.1, 0.15) is 0 Å². The molecule has 0 aromatic heterocycles. The van der Waals surface area contributed by atoms with Gasteiger partial charge in [0.15, 0.2) is 6.61 Å². The van der Waals surface area contributed by atoms with Crippen molar-refractivity contribution in [3.05, 3.63) is 0 Å². The van der Waals surface area contributed by atoms with Gasteiger partial charge in [-0.1, -0.05) is 0 Å². The summed E-state index contributed by atoms with van der Waals surface area (Å²) in [5, 5.41) is 0. The Labute approximate surface area is 46.6 Å². The van der Waals surface area contributed by atoms with Crippen molar-refractivity contribution in [3.8, 4) is 0 Å². The van der Waals surface area contributed by atoms with E-state index in [1.54, 1.807) is 0 Å². The first-order valence-electron chi connectivity index (χ1n) is 2.00. The summed E-state index contributed by atoms with van der Waals surface area (Å²) in [5.74, 6) is -1.43. The number of hydrogen-bond donors (Lipinski definition) is 0. The van der Waals surface area contributed by atoms with Gasteiger partial charge in [0, 0.05) is 6.92 Å². The first kappa shape index (κ1) is 6.94. The third-order valence-corrected chi connectivity index (χ3v) is 0.407. The van der Waals surface area contributed by atoms with E-state index in [1.165, 1.54) is 6.92 Å². The molecule has 0 saturated carbocycles. The molecule has 0 aliphatic carbocycles. The van der Waals surface area contributed by atoms with Crippen LogP contribution < -0.4 is 5.73 Å². The van der Waals surface area contributed by atoms with E-state index >= 15 is 0 Å². The molecule has 0 saturated heterocycles. The summed E-state index contributed by atoms with van der Waals surface area (Å²) in [6.07, 6.45) is 0. The van der Waals surface area contributed by atoms with Gasteiger partial charge in [0.2, 0.25) is 0 Å². The SMILES string of the molecule is CC(=O)OCC([NH])=O. The van der Waals surface area contributed by atoms with Crippen molar-refractivity contribution in [2.45, 2.75) is 6.92 Å². The van der Waals surface area contributed by atoms with Gasteiger partial charge < -0.3 is 4.74 Å². The molecule has 0 aliphatic heterocycles. The summed E-state index contributed by atoms with van der Waals surface area (Å²) in [6, 6.07) is 0. The average Bonchev–Trinajstić information content (AvgIpc) is 1.61. The maximum Gasteiger partial charge on any atom is 0.303 e. The lowest BCUT2D eigenvalue weighted by Gasteiger charge is -1.92. The Morgan fingerprint density at radius 1 is 1.62 bits per heavy atom. The number of esters is 1. The first-order valence-corrected chi connectivity index (χ1v) is 2.00. The van der Waals surface area contributed by atoms with Crippen molar-refractivity contribution < 1.29 is 14.3 Å². The quantitative estimate of drug-likeness (QED) is 0.450. The molecule has 0 aliphatic rings. The lowest BCUT2D eigenvalue weighted by Crippen LogP contribution is -2.11. The summed E-state index contributed by atoms with van der Waals surface area (Å²) >= 11 is 0. The van der Waals surface area contributed by atoms with Gasteiger partial charge in [0.05, 0.1) is 0 Å². The lowest BCUT2D eigenvalue weighted by atomic mass is 10.7. The fraction of sp³-hybridized carbons (Fsp3) is 0.500. The molecule has 45 valence electrons. The molecule has 4 heteroatoms. The van der Waals surface area contributed by atoms with Gasteiger partial charge in [-0.2, -0.15) is 0 Å². The zero-order valence-corrected chi connectivity index (χ0v) is 4.43. The molecule has 0 atom stereocenters. The molecular weight excluding hydrogens is 110 g/mol. The van der Waals surface area contributed by atoms with Crippen molar-refractivity contribution in [2.24, 2.45) is 0 Å². The van der Waals surface area contributed by atoms with Gasteiger partial charge in [0.25, 0.3) is 5.91 Å². The number of nitrogens with one attached hydrogen (secondary N) is 1. The standard InChI is InChI=1S/C4H6NO3/c1-3(6)8-2-4(5)7/h5H,2H2,1H3. The van der Waals surface area contributed by atoms with E-state index in [4.69, 9.17) is 5.73 Å². The fourth-order valence-electron chi connectivity index (χ4n) is 0.167. The Bertz CT molecular complexity index is 95.9. The second kappa shape index (κ2) is 3.01. The van der Waals surface area contributed by atoms with Crippen LogP contribution >= 0.6 is 0 Å². The maximum absolute atomic E-state index is 9.89. The smallest absolute Gasteiger partial charge is 0.303 e. The predicted octanol–water partition coefficient (Wildman–Crippen LogP) is -0.641. The minimum Gasteiger partial charge on any atom is -0.456 e. The van der Waals surface area contributed by atoms with E-state index < -0.39 is 18.5 Å². The maximum atomic E-state index is 9.89. The summed E-state index contributed by atoms with van der Waals surface area (Å²) in [6.45, 7) is 0.748. The van der Waals surface area contributed by atoms with Gasteiger partial charge in [-0.3, -0.25) is 15.3 Å². The molecule has 0 bridgehead atoms. The van der Waals surface area contributed by atoms with Crippen LogP contribution in [0.15, 0.2) is 0 Å². The fourth-order valence-corrected chi connectivity index (χ4v) is 0.167. The third kappa shape index (κ3) is 4.94. The zero-order chi connectivity index (χ0) is 6.57. The Kier molecular flexibility index (Phi) is 2.61. The van der Waals surface area contributed by atoms with Crippen molar-refractivity contribution in [2.75, 3.05) is 6.61 Å². The number of carbonyl (C=O) groups is 2. The van der Waals surface area contributed by atoms with Gasteiger partial charge in [-0.25, -0.2) is 0 Å². The monoisotopic (exact) mass is 116 g/mol. The van der Waals surface area contributed by atoms with Crippen molar-refractivity contribution in [1.82, 2.24) is 5.73 Å². The van der Waals surface area contributed by atoms with Crippen LogP contribution in [-0.2, 0) is 14.3 Å². The molecule has 0 aromatic rings. The molecule has 1 amide bonds. The van der Waals surface area contributed by atoms with E-state index in [2.05, 4.69) is 4.74 Å². The summed E-state index contributed by atoms with van der Waals surface area (Å²) in [5.41, 5.74) is 6.25. The number of hydrogen-bond acceptors (Lipinski definition) is 3. The predicted molar refractivity (Wildman–Crippen MR) is 24.7 cm³/mol. The van der Waals surface area contributed by atoms with Gasteiger partial charge in [-0.05, 0) is 0 Å². The largest absolute Gasteiger partial charge is 0.456 e. The highest BCUT2D eigenvalue weighted by Gasteiger charge is 1.95. The topological polar surface area (TPSA) is 67.2 Å². The highest BCUT2D eigenvalue weighted by atomic mass is 16.5. The molecule has 4 nitrogen and oxygen atoms in total. The van der Waals surface area contributed by atoms with Crippen LogP contribution in [0.4, 0.5) is 0 Å². The molecular formula is C4H6NO3. The van der Waals surface area contributed by atoms with Crippen molar-refractivity contribution >= 4 is 11.9 Å². The van der Waals surface area contributed by atoms with E-state index in [-0.39, 0.29) is 0 Å². The second-order valence-electron chi connectivity index (χ2n) is 1.20. The highest BCUT2D eigenvalue weighted by Crippen LogP contribution is 1.72. The molecule has 8 heavy (non-hydrogen) atoms. The molecule has 0 unspecified atom stereocenters. The first-order chi connectivity index (χ1) is 3.63. The molecule has 1 radical (unpaired) electrons. The Morgan fingerprint density at radius 2 is 2.12 bits per heavy atom. The summed E-state index contributed by atoms with van der Waals surface area (Å²) in [4.78, 5) is 19.6. The lowest BCUT2D eigenvalue weighted by molar-refractivity contribution is -0.145. The zero-order valence-electron chi connectivity index (χ0n) is 4.43.